The molecule has 1 unspecified atom stereocenters. The van der Waals surface area contributed by atoms with Crippen LogP contribution in [0.25, 0.3) is 0 Å². The molecule has 0 heterocycles. The Hall–Kier alpha value is -2.63. The van der Waals surface area contributed by atoms with Crippen LogP contribution in [0.2, 0.25) is 0 Å². The van der Waals surface area contributed by atoms with Gasteiger partial charge in [0, 0.05) is 19.3 Å². The Balaban J connectivity index is 4.36. The molecule has 0 radical (unpaired) electrons. The lowest BCUT2D eigenvalue weighted by molar-refractivity contribution is -0.167. The van der Waals surface area contributed by atoms with Gasteiger partial charge < -0.3 is 14.2 Å². The summed E-state index contributed by atoms with van der Waals surface area (Å²) in [6.45, 7) is 6.54. The van der Waals surface area contributed by atoms with E-state index in [1.54, 1.807) is 0 Å². The number of hydrogen-bond donors (Lipinski definition) is 0. The lowest BCUT2D eigenvalue weighted by atomic mass is 10.0. The van der Waals surface area contributed by atoms with Crippen LogP contribution in [0, 0.1) is 0 Å². The predicted molar refractivity (Wildman–Crippen MR) is 298 cm³/mol. The number of unbranched alkanes of at least 4 members (excludes halogenated alkanes) is 38. The summed E-state index contributed by atoms with van der Waals surface area (Å²) in [7, 11) is 0. The maximum atomic E-state index is 12.9. The van der Waals surface area contributed by atoms with Gasteiger partial charge in [-0.3, -0.25) is 14.4 Å². The van der Waals surface area contributed by atoms with Crippen LogP contribution in [0.1, 0.15) is 316 Å². The molecule has 0 aliphatic heterocycles. The summed E-state index contributed by atoms with van der Waals surface area (Å²) in [6, 6.07) is 0. The largest absolute Gasteiger partial charge is 0.462 e. The molecule has 0 rings (SSSR count). The molecule has 0 N–H and O–H groups in total. The van der Waals surface area contributed by atoms with E-state index in [1.165, 1.54) is 199 Å². The molecular weight excluding hydrogens is 853 g/mol. The van der Waals surface area contributed by atoms with Crippen molar-refractivity contribution in [3.63, 3.8) is 0 Å². The molecule has 402 valence electrons. The van der Waals surface area contributed by atoms with Crippen molar-refractivity contribution < 1.29 is 28.6 Å². The van der Waals surface area contributed by atoms with Crippen molar-refractivity contribution in [2.24, 2.45) is 0 Å². The van der Waals surface area contributed by atoms with Gasteiger partial charge in [-0.25, -0.2) is 0 Å². The smallest absolute Gasteiger partial charge is 0.306 e. The number of ether oxygens (including phenoxy) is 3. The maximum absolute atomic E-state index is 12.9. The van der Waals surface area contributed by atoms with Gasteiger partial charge >= 0.3 is 17.9 Å². The molecule has 1 atom stereocenters. The van der Waals surface area contributed by atoms with Crippen LogP contribution >= 0.6 is 0 Å². The highest BCUT2D eigenvalue weighted by molar-refractivity contribution is 5.71. The highest BCUT2D eigenvalue weighted by Crippen LogP contribution is 2.17. The first-order valence-electron chi connectivity index (χ1n) is 30.2. The van der Waals surface area contributed by atoms with Gasteiger partial charge in [-0.2, -0.15) is 0 Å². The monoisotopic (exact) mass is 967 g/mol. The molecule has 0 aliphatic carbocycles. The Kier molecular flexibility index (Phi) is 55.7. The van der Waals surface area contributed by atoms with Crippen LogP contribution in [0.15, 0.2) is 48.6 Å². The topological polar surface area (TPSA) is 78.9 Å². The molecule has 6 nitrogen and oxygen atoms in total. The second-order valence-corrected chi connectivity index (χ2v) is 20.3. The summed E-state index contributed by atoms with van der Waals surface area (Å²) < 4.78 is 16.9. The summed E-state index contributed by atoms with van der Waals surface area (Å²) in [5.74, 6) is -0.879. The maximum Gasteiger partial charge on any atom is 0.306 e. The van der Waals surface area contributed by atoms with Crippen molar-refractivity contribution in [3.8, 4) is 0 Å². The molecule has 0 saturated carbocycles. The average Bonchev–Trinajstić information content (AvgIpc) is 3.35. The Labute approximate surface area is 428 Å². The van der Waals surface area contributed by atoms with Crippen LogP contribution in [0.4, 0.5) is 0 Å². The number of esters is 3. The first kappa shape index (κ1) is 66.4. The van der Waals surface area contributed by atoms with E-state index < -0.39 is 6.10 Å². The average molecular weight is 968 g/mol. The molecule has 0 aromatic heterocycles. The molecule has 69 heavy (non-hydrogen) atoms. The fourth-order valence-electron chi connectivity index (χ4n) is 8.85. The molecule has 0 spiro atoms. The van der Waals surface area contributed by atoms with Gasteiger partial charge in [-0.1, -0.05) is 281 Å². The predicted octanol–water partition coefficient (Wildman–Crippen LogP) is 20.2. The molecule has 0 aromatic rings. The van der Waals surface area contributed by atoms with Crippen molar-refractivity contribution in [2.45, 2.75) is 322 Å². The van der Waals surface area contributed by atoms with Gasteiger partial charge in [0.25, 0.3) is 0 Å². The number of carbonyl (C=O) groups excluding carboxylic acids is 3. The van der Waals surface area contributed by atoms with E-state index in [-0.39, 0.29) is 31.1 Å². The normalized spacial score (nSPS) is 12.3. The van der Waals surface area contributed by atoms with E-state index in [2.05, 4.69) is 69.4 Å². The van der Waals surface area contributed by atoms with Crippen LogP contribution < -0.4 is 0 Å². The summed E-state index contributed by atoms with van der Waals surface area (Å²) in [4.78, 5) is 38.2. The molecule has 6 heteroatoms. The fourth-order valence-corrected chi connectivity index (χ4v) is 8.85. The standard InChI is InChI=1S/C63H114O6/c1-4-7-10-13-16-19-22-25-28-30-32-35-38-41-44-47-50-53-56-62(65)68-59-60(58-67-61(64)55-52-49-46-43-40-37-34-27-24-21-18-15-12-9-6-3)69-63(66)57-54-51-48-45-42-39-36-33-31-29-26-23-20-17-14-11-8-5-2/h9,12,15,18,21,24,32,35,60H,4-8,10-11,13-14,16-17,19-20,22-23,25-31,33-34,36-59H2,1-3H3/b12-9-,18-15-,24-21-,35-32-. The number of hydrogen-bond acceptors (Lipinski definition) is 6. The minimum Gasteiger partial charge on any atom is -0.462 e. The third-order valence-electron chi connectivity index (χ3n) is 13.4. The second kappa shape index (κ2) is 57.9. The van der Waals surface area contributed by atoms with Gasteiger partial charge in [-0.15, -0.1) is 0 Å². The molecular formula is C63H114O6. The number of rotatable bonds is 55. The highest BCUT2D eigenvalue weighted by Gasteiger charge is 2.19. The Morgan fingerprint density at radius 1 is 0.304 bits per heavy atom. The van der Waals surface area contributed by atoms with Gasteiger partial charge in [-0.05, 0) is 64.2 Å². The van der Waals surface area contributed by atoms with Crippen molar-refractivity contribution >= 4 is 17.9 Å². The van der Waals surface area contributed by atoms with Crippen molar-refractivity contribution in [2.75, 3.05) is 13.2 Å². The van der Waals surface area contributed by atoms with Crippen LogP contribution in [0.3, 0.4) is 0 Å². The molecule has 0 aliphatic rings. The third kappa shape index (κ3) is 56.2. The summed E-state index contributed by atoms with van der Waals surface area (Å²) in [5, 5.41) is 0. The van der Waals surface area contributed by atoms with E-state index >= 15 is 0 Å². The second-order valence-electron chi connectivity index (χ2n) is 20.3. The van der Waals surface area contributed by atoms with Crippen LogP contribution in [-0.4, -0.2) is 37.2 Å². The van der Waals surface area contributed by atoms with E-state index in [1.807, 2.05) is 0 Å². The SMILES string of the molecule is CC\C=C/C=C\C=C/CCCCCCCCCC(=O)OCC(COC(=O)CCCCCCC/C=C\CCCCCCCCCCC)OC(=O)CCCCCCCCCCCCCCCCCCCC. The van der Waals surface area contributed by atoms with Gasteiger partial charge in [0.15, 0.2) is 6.10 Å². The van der Waals surface area contributed by atoms with Crippen LogP contribution in [0.5, 0.6) is 0 Å². The van der Waals surface area contributed by atoms with Crippen molar-refractivity contribution in [1.29, 1.82) is 0 Å². The quantitative estimate of drug-likeness (QED) is 0.0199. The molecule has 0 aromatic carbocycles. The number of allylic oxidation sites excluding steroid dienone is 8. The van der Waals surface area contributed by atoms with Gasteiger partial charge in [0.05, 0.1) is 0 Å². The summed E-state index contributed by atoms with van der Waals surface area (Å²) in [5.41, 5.74) is 0. The summed E-state index contributed by atoms with van der Waals surface area (Å²) >= 11 is 0. The molecule has 0 fully saturated rings. The Bertz CT molecular complexity index is 1200. The van der Waals surface area contributed by atoms with Crippen molar-refractivity contribution in [3.05, 3.63) is 48.6 Å². The Morgan fingerprint density at radius 2 is 0.580 bits per heavy atom. The fraction of sp³-hybridized carbons (Fsp3) is 0.825. The third-order valence-corrected chi connectivity index (χ3v) is 13.4. The highest BCUT2D eigenvalue weighted by atomic mass is 16.6. The van der Waals surface area contributed by atoms with Crippen molar-refractivity contribution in [1.82, 2.24) is 0 Å². The number of carbonyl (C=O) groups is 3. The van der Waals surface area contributed by atoms with Gasteiger partial charge in [0.1, 0.15) is 13.2 Å². The summed E-state index contributed by atoms with van der Waals surface area (Å²) in [6.07, 6.45) is 71.1. The molecule has 0 saturated heterocycles. The first-order chi connectivity index (χ1) is 34.0. The van der Waals surface area contributed by atoms with Crippen LogP contribution in [-0.2, 0) is 28.6 Å². The van der Waals surface area contributed by atoms with E-state index in [9.17, 15) is 14.4 Å². The lowest BCUT2D eigenvalue weighted by Gasteiger charge is -2.18. The lowest BCUT2D eigenvalue weighted by Crippen LogP contribution is -2.30. The minimum absolute atomic E-state index is 0.0782. The Morgan fingerprint density at radius 3 is 0.913 bits per heavy atom. The first-order valence-corrected chi connectivity index (χ1v) is 30.2. The van der Waals surface area contributed by atoms with E-state index in [4.69, 9.17) is 14.2 Å². The van der Waals surface area contributed by atoms with Gasteiger partial charge in [0.2, 0.25) is 0 Å². The van der Waals surface area contributed by atoms with E-state index in [0.717, 1.165) is 77.0 Å². The minimum atomic E-state index is -0.780. The zero-order valence-corrected chi connectivity index (χ0v) is 46.1. The zero-order valence-electron chi connectivity index (χ0n) is 46.1. The van der Waals surface area contributed by atoms with E-state index in [0.29, 0.717) is 19.3 Å². The zero-order chi connectivity index (χ0) is 50.0. The molecule has 0 amide bonds. The molecule has 0 bridgehead atoms.